The highest BCUT2D eigenvalue weighted by atomic mass is 32.2. The maximum atomic E-state index is 13.0. The van der Waals surface area contributed by atoms with Gasteiger partial charge < -0.3 is 10.2 Å². The number of para-hydroxylation sites is 1. The minimum absolute atomic E-state index is 0.213. The Kier molecular flexibility index (Phi) is 7.69. The molecule has 1 aliphatic heterocycles. The highest BCUT2D eigenvalue weighted by Gasteiger charge is 2.25. The van der Waals surface area contributed by atoms with Crippen LogP contribution in [0.3, 0.4) is 0 Å². The third kappa shape index (κ3) is 6.53. The average molecular weight is 445 g/mol. The molecular weight excluding hydrogens is 412 g/mol. The number of likely N-dealkylation sites (N-methyl/N-ethyl adjacent to an activating group) is 1. The topological polar surface area (TPSA) is 73.0 Å². The molecule has 0 aromatic heterocycles. The summed E-state index contributed by atoms with van der Waals surface area (Å²) >= 11 is 0. The number of nitrogens with one attached hydrogen (secondary N) is 1. The van der Waals surface area contributed by atoms with Crippen LogP contribution in [0.5, 0.6) is 0 Å². The fourth-order valence-corrected chi connectivity index (χ4v) is 4.72. The summed E-state index contributed by atoms with van der Waals surface area (Å²) in [5.74, 6) is -0.323. The van der Waals surface area contributed by atoms with Crippen molar-refractivity contribution >= 4 is 21.6 Å². The number of hydrogen-bond donors (Lipinski definition) is 1. The van der Waals surface area contributed by atoms with Gasteiger partial charge >= 0.3 is 0 Å². The summed E-state index contributed by atoms with van der Waals surface area (Å²) in [5.41, 5.74) is 2.34. The number of nitrogens with zero attached hydrogens (tertiary/aromatic N) is 3. The van der Waals surface area contributed by atoms with E-state index in [9.17, 15) is 13.2 Å². The van der Waals surface area contributed by atoms with E-state index in [1.807, 2.05) is 49.4 Å². The molecule has 2 aromatic carbocycles. The summed E-state index contributed by atoms with van der Waals surface area (Å²) in [6.07, 6.45) is 1.13. The molecule has 2 aromatic rings. The zero-order chi connectivity index (χ0) is 22.4. The third-order valence-corrected chi connectivity index (χ3v) is 6.77. The zero-order valence-electron chi connectivity index (χ0n) is 18.5. The molecule has 0 bridgehead atoms. The normalized spacial score (nSPS) is 16.6. The fourth-order valence-electron chi connectivity index (χ4n) is 3.80. The summed E-state index contributed by atoms with van der Waals surface area (Å²) in [7, 11) is -1.50. The number of benzene rings is 2. The quantitative estimate of drug-likeness (QED) is 0.673. The molecule has 1 fully saturated rings. The average Bonchev–Trinajstić information content (AvgIpc) is 2.74. The van der Waals surface area contributed by atoms with E-state index in [4.69, 9.17) is 0 Å². The maximum Gasteiger partial charge on any atom is 0.241 e. The van der Waals surface area contributed by atoms with Crippen molar-refractivity contribution in [3.8, 4) is 0 Å². The van der Waals surface area contributed by atoms with Gasteiger partial charge in [0.1, 0.15) is 6.54 Å². The van der Waals surface area contributed by atoms with Gasteiger partial charge in [0.05, 0.1) is 18.0 Å². The van der Waals surface area contributed by atoms with Gasteiger partial charge in [0.25, 0.3) is 0 Å². The first-order valence-electron chi connectivity index (χ1n) is 10.5. The zero-order valence-corrected chi connectivity index (χ0v) is 19.3. The first kappa shape index (κ1) is 23.2. The van der Waals surface area contributed by atoms with E-state index in [-0.39, 0.29) is 18.5 Å². The Morgan fingerprint density at radius 3 is 2.26 bits per heavy atom. The number of amides is 1. The van der Waals surface area contributed by atoms with Crippen LogP contribution in [0.4, 0.5) is 5.69 Å². The Balaban J connectivity index is 1.76. The molecule has 0 saturated carbocycles. The minimum atomic E-state index is -3.61. The number of sulfonamides is 1. The molecule has 1 N–H and O–H groups in total. The van der Waals surface area contributed by atoms with Crippen molar-refractivity contribution in [2.45, 2.75) is 13.0 Å². The van der Waals surface area contributed by atoms with Crippen LogP contribution in [-0.4, -0.2) is 76.7 Å². The van der Waals surface area contributed by atoms with Crippen LogP contribution in [0.2, 0.25) is 0 Å². The number of rotatable bonds is 8. The lowest BCUT2D eigenvalue weighted by Crippen LogP contribution is -2.49. The Labute approximate surface area is 185 Å². The Hall–Kier alpha value is -2.42. The fraction of sp³-hybridized carbons (Fsp3) is 0.435. The number of piperazine rings is 1. The Bertz CT molecular complexity index is 973. The molecule has 1 amide bonds. The van der Waals surface area contributed by atoms with Crippen LogP contribution >= 0.6 is 0 Å². The highest BCUT2D eigenvalue weighted by molar-refractivity contribution is 7.92. The summed E-state index contributed by atoms with van der Waals surface area (Å²) in [4.78, 5) is 17.6. The van der Waals surface area contributed by atoms with E-state index in [0.29, 0.717) is 12.2 Å². The minimum Gasteiger partial charge on any atom is -0.346 e. The number of aryl methyl sites for hydroxylation is 1. The summed E-state index contributed by atoms with van der Waals surface area (Å²) < 4.78 is 26.1. The van der Waals surface area contributed by atoms with Crippen LogP contribution in [0.15, 0.2) is 54.6 Å². The molecule has 0 radical (unpaired) electrons. The molecule has 0 spiro atoms. The lowest BCUT2D eigenvalue weighted by Gasteiger charge is -2.35. The second kappa shape index (κ2) is 10.3. The van der Waals surface area contributed by atoms with Gasteiger partial charge in [-0.2, -0.15) is 0 Å². The van der Waals surface area contributed by atoms with E-state index in [1.54, 1.807) is 12.1 Å². The van der Waals surface area contributed by atoms with Crippen molar-refractivity contribution < 1.29 is 13.2 Å². The van der Waals surface area contributed by atoms with Crippen LogP contribution in [0.25, 0.3) is 0 Å². The van der Waals surface area contributed by atoms with Gasteiger partial charge in [0, 0.05) is 32.7 Å². The highest BCUT2D eigenvalue weighted by Crippen LogP contribution is 2.22. The van der Waals surface area contributed by atoms with Crippen LogP contribution in [-0.2, 0) is 14.8 Å². The largest absolute Gasteiger partial charge is 0.346 e. The van der Waals surface area contributed by atoms with Crippen LogP contribution < -0.4 is 9.62 Å². The van der Waals surface area contributed by atoms with Gasteiger partial charge in [0.15, 0.2) is 0 Å². The van der Waals surface area contributed by atoms with Crippen LogP contribution in [0, 0.1) is 6.92 Å². The Morgan fingerprint density at radius 2 is 1.65 bits per heavy atom. The van der Waals surface area contributed by atoms with Gasteiger partial charge in [-0.3, -0.25) is 14.0 Å². The van der Waals surface area contributed by atoms with Gasteiger partial charge in [-0.25, -0.2) is 8.42 Å². The monoisotopic (exact) mass is 444 g/mol. The molecule has 1 saturated heterocycles. The molecule has 1 heterocycles. The molecule has 168 valence electrons. The van der Waals surface area contributed by atoms with Crippen molar-refractivity contribution in [3.05, 3.63) is 65.7 Å². The molecular formula is C23H32N4O3S. The third-order valence-electron chi connectivity index (χ3n) is 5.65. The predicted molar refractivity (Wildman–Crippen MR) is 125 cm³/mol. The summed E-state index contributed by atoms with van der Waals surface area (Å²) in [6, 6.07) is 16.8. The molecule has 7 nitrogen and oxygen atoms in total. The smallest absolute Gasteiger partial charge is 0.241 e. The van der Waals surface area contributed by atoms with Crippen molar-refractivity contribution in [1.29, 1.82) is 0 Å². The second-order valence-electron chi connectivity index (χ2n) is 8.19. The van der Waals surface area contributed by atoms with E-state index in [0.717, 1.165) is 43.6 Å². The van der Waals surface area contributed by atoms with E-state index >= 15 is 0 Å². The van der Waals surface area contributed by atoms with Gasteiger partial charge in [-0.15, -0.1) is 0 Å². The van der Waals surface area contributed by atoms with Crippen molar-refractivity contribution in [2.24, 2.45) is 0 Å². The molecule has 3 rings (SSSR count). The predicted octanol–water partition coefficient (Wildman–Crippen LogP) is 1.87. The molecule has 1 unspecified atom stereocenters. The number of carbonyl (C=O) groups is 1. The van der Waals surface area contributed by atoms with E-state index in [1.165, 1.54) is 4.31 Å². The number of anilines is 1. The number of carbonyl (C=O) groups excluding carboxylic acids is 1. The molecule has 31 heavy (non-hydrogen) atoms. The van der Waals surface area contributed by atoms with E-state index < -0.39 is 10.0 Å². The lowest BCUT2D eigenvalue weighted by atomic mass is 10.1. The van der Waals surface area contributed by atoms with Crippen molar-refractivity contribution in [2.75, 3.05) is 56.9 Å². The molecule has 1 atom stereocenters. The first-order valence-corrected chi connectivity index (χ1v) is 12.4. The Morgan fingerprint density at radius 1 is 1.03 bits per heavy atom. The van der Waals surface area contributed by atoms with E-state index in [2.05, 4.69) is 22.2 Å². The van der Waals surface area contributed by atoms with Crippen LogP contribution in [0.1, 0.15) is 17.2 Å². The van der Waals surface area contributed by atoms with Gasteiger partial charge in [-0.1, -0.05) is 48.5 Å². The molecule has 1 aliphatic rings. The van der Waals surface area contributed by atoms with Gasteiger partial charge in [0.2, 0.25) is 15.9 Å². The first-order chi connectivity index (χ1) is 14.7. The van der Waals surface area contributed by atoms with Crippen molar-refractivity contribution in [3.63, 3.8) is 0 Å². The second-order valence-corrected chi connectivity index (χ2v) is 10.1. The maximum absolute atomic E-state index is 13.0. The summed E-state index contributed by atoms with van der Waals surface area (Å²) in [5, 5.41) is 3.08. The van der Waals surface area contributed by atoms with Crippen molar-refractivity contribution in [1.82, 2.24) is 15.1 Å². The molecule has 0 aliphatic carbocycles. The lowest BCUT2D eigenvalue weighted by molar-refractivity contribution is -0.120. The van der Waals surface area contributed by atoms with Gasteiger partial charge in [-0.05, 0) is 31.2 Å². The standard InChI is InChI=1S/C23H32N4O3S/c1-19-9-7-8-12-22(19)27(31(3,29)30)18-23(28)24-21(20-10-5-4-6-11-20)17-26-15-13-25(2)14-16-26/h4-12,21H,13-18H2,1-3H3,(H,24,28). The number of hydrogen-bond acceptors (Lipinski definition) is 5. The molecule has 8 heteroatoms. The summed E-state index contributed by atoms with van der Waals surface area (Å²) in [6.45, 7) is 6.13. The SMILES string of the molecule is Cc1ccccc1N(CC(=O)NC(CN1CCN(C)CC1)c1ccccc1)S(C)(=O)=O.